The van der Waals surface area contributed by atoms with Crippen LogP contribution >= 0.6 is 23.5 Å². The fourth-order valence-corrected chi connectivity index (χ4v) is 9.17. The number of carboxylic acid groups (broad SMARTS) is 1. The number of benzene rings is 5. The second-order valence-corrected chi connectivity index (χ2v) is 17.6. The van der Waals surface area contributed by atoms with Gasteiger partial charge in [-0.3, -0.25) is 4.79 Å². The molecule has 0 unspecified atom stereocenters. The zero-order chi connectivity index (χ0) is 46.0. The Labute approximate surface area is 374 Å². The van der Waals surface area contributed by atoms with Gasteiger partial charge >= 0.3 is 25.1 Å². The number of aromatic carboxylic acids is 1. The maximum atomic E-state index is 12.6. The number of amides is 1. The molecule has 10 nitrogen and oxygen atoms in total. The number of hydrogen-bond donors (Lipinski definition) is 2. The summed E-state index contributed by atoms with van der Waals surface area (Å²) in [5, 5.41) is 8.96. The molecule has 0 aliphatic heterocycles. The number of hydrogen-bond acceptors (Lipinski definition) is 10. The molecule has 7 aromatic rings. The molecule has 2 heterocycles. The van der Waals surface area contributed by atoms with Crippen molar-refractivity contribution in [3.05, 3.63) is 173 Å². The molecule has 0 atom stereocenters. The van der Waals surface area contributed by atoms with E-state index in [1.54, 1.807) is 87.1 Å². The number of thioether (sulfide) groups is 2. The summed E-state index contributed by atoms with van der Waals surface area (Å²) >= 11 is 3.09. The predicted molar refractivity (Wildman–Crippen MR) is 236 cm³/mol. The smallest absolute Gasteiger partial charge is 0.387 e. The highest BCUT2D eigenvalue weighted by Gasteiger charge is 2.23. The minimum atomic E-state index is -4.04. The second kappa shape index (κ2) is 21.3. The summed E-state index contributed by atoms with van der Waals surface area (Å²) in [5.74, 6) is 0.391. The number of halogens is 4. The van der Waals surface area contributed by atoms with Crippen molar-refractivity contribution >= 4 is 45.4 Å². The number of rotatable bonds is 16. The number of carbonyl (C=O) groups is 2. The fraction of sp³-hybridized carbons (Fsp3) is 0.149. The normalized spacial score (nSPS) is 11.3. The lowest BCUT2D eigenvalue weighted by atomic mass is 10.1. The van der Waals surface area contributed by atoms with E-state index < -0.39 is 35.1 Å². The molecular formula is C47H39F4NO9S3. The van der Waals surface area contributed by atoms with Crippen LogP contribution in [0.1, 0.15) is 49.3 Å². The Morgan fingerprint density at radius 1 is 0.609 bits per heavy atom. The van der Waals surface area contributed by atoms with Gasteiger partial charge in [0.05, 0.1) is 4.90 Å². The monoisotopic (exact) mass is 933 g/mol. The van der Waals surface area contributed by atoms with Crippen molar-refractivity contribution in [3.8, 4) is 33.8 Å². The summed E-state index contributed by atoms with van der Waals surface area (Å²) < 4.78 is 95.8. The van der Waals surface area contributed by atoms with E-state index in [2.05, 4.69) is 14.2 Å². The van der Waals surface area contributed by atoms with Gasteiger partial charge in [0.2, 0.25) is 5.76 Å². The summed E-state index contributed by atoms with van der Waals surface area (Å²) in [7, 11) is -4.04. The van der Waals surface area contributed by atoms with Crippen LogP contribution in [0.2, 0.25) is 0 Å². The second-order valence-electron chi connectivity index (χ2n) is 13.8. The molecule has 2 N–H and O–H groups in total. The van der Waals surface area contributed by atoms with Gasteiger partial charge in [-0.05, 0) is 115 Å². The maximum absolute atomic E-state index is 12.6. The minimum Gasteiger partial charge on any atom is -0.475 e. The summed E-state index contributed by atoms with van der Waals surface area (Å²) in [6.45, 7) is -0.588. The lowest BCUT2D eigenvalue weighted by Gasteiger charge is -2.07. The van der Waals surface area contributed by atoms with Crippen molar-refractivity contribution in [3.63, 3.8) is 0 Å². The van der Waals surface area contributed by atoms with Crippen LogP contribution in [0.4, 0.5) is 17.6 Å². The van der Waals surface area contributed by atoms with Crippen molar-refractivity contribution < 1.29 is 59.0 Å². The number of alkyl halides is 4. The van der Waals surface area contributed by atoms with Crippen molar-refractivity contribution in [2.24, 2.45) is 0 Å². The van der Waals surface area contributed by atoms with Crippen molar-refractivity contribution in [1.82, 2.24) is 4.72 Å². The maximum Gasteiger partial charge on any atom is 0.387 e. The number of nitrogens with one attached hydrogen (secondary N) is 1. The largest absolute Gasteiger partial charge is 0.475 e. The molecule has 2 aromatic heterocycles. The van der Waals surface area contributed by atoms with Crippen molar-refractivity contribution in [1.29, 1.82) is 0 Å². The van der Waals surface area contributed by atoms with Crippen LogP contribution in [-0.2, 0) is 21.5 Å². The van der Waals surface area contributed by atoms with Crippen LogP contribution in [0.5, 0.6) is 11.5 Å². The molecule has 64 heavy (non-hydrogen) atoms. The average molecular weight is 934 g/mol. The first-order chi connectivity index (χ1) is 30.5. The van der Waals surface area contributed by atoms with Gasteiger partial charge in [0.25, 0.3) is 10.0 Å². The predicted octanol–water partition coefficient (Wildman–Crippen LogP) is 12.4. The van der Waals surface area contributed by atoms with Gasteiger partial charge in [-0.25, -0.2) is 17.9 Å². The molecule has 332 valence electrons. The van der Waals surface area contributed by atoms with Crippen molar-refractivity contribution in [2.45, 2.75) is 60.2 Å². The number of sulfonamides is 1. The van der Waals surface area contributed by atoms with Gasteiger partial charge in [-0.15, -0.1) is 23.5 Å². The Balaban J connectivity index is 0.000000223. The fourth-order valence-electron chi connectivity index (χ4n) is 6.10. The first kappa shape index (κ1) is 47.1. The molecule has 5 aromatic carbocycles. The molecular weight excluding hydrogens is 895 g/mol. The quantitative estimate of drug-likeness (QED) is 0.0705. The molecule has 0 bridgehead atoms. The SMILES string of the molecule is Cc1ccccc1S(=O)(=O)NC(=O)c1cc(CSc2ccc(-c3ccc(OC(F)F)cc3)cc2)c(C)o1.Cc1oc(C(=O)O)cc1CSc1ccc(-c2ccc(OC(F)F)cc2)cc1. The number of ether oxygens (including phenoxy) is 2. The third-order valence-electron chi connectivity index (χ3n) is 9.41. The van der Waals surface area contributed by atoms with E-state index in [-0.39, 0.29) is 27.9 Å². The van der Waals surface area contributed by atoms with Gasteiger partial charge in [0.1, 0.15) is 23.0 Å². The van der Waals surface area contributed by atoms with Gasteiger partial charge in [-0.1, -0.05) is 66.7 Å². The van der Waals surface area contributed by atoms with Crippen LogP contribution in [0, 0.1) is 20.8 Å². The number of furan rings is 2. The summed E-state index contributed by atoms with van der Waals surface area (Å²) in [4.78, 5) is 25.6. The van der Waals surface area contributed by atoms with E-state index in [1.807, 2.05) is 48.5 Å². The van der Waals surface area contributed by atoms with Crippen LogP contribution in [0.25, 0.3) is 22.3 Å². The highest BCUT2D eigenvalue weighted by Crippen LogP contribution is 2.32. The molecule has 7 rings (SSSR count). The number of carbonyl (C=O) groups excluding carboxylic acids is 1. The van der Waals surface area contributed by atoms with E-state index in [1.165, 1.54) is 42.1 Å². The molecule has 0 fully saturated rings. The highest BCUT2D eigenvalue weighted by molar-refractivity contribution is 7.98. The minimum absolute atomic E-state index is 0.0308. The third-order valence-corrected chi connectivity index (χ3v) is 13.0. The third kappa shape index (κ3) is 12.8. The molecule has 0 aliphatic rings. The number of aryl methyl sites for hydroxylation is 3. The van der Waals surface area contributed by atoms with Gasteiger partial charge in [0, 0.05) is 32.4 Å². The Morgan fingerprint density at radius 3 is 1.39 bits per heavy atom. The van der Waals surface area contributed by atoms with Crippen molar-refractivity contribution in [2.75, 3.05) is 0 Å². The van der Waals surface area contributed by atoms with Crippen LogP contribution in [0.15, 0.2) is 157 Å². The Morgan fingerprint density at radius 2 is 1.00 bits per heavy atom. The van der Waals surface area contributed by atoms with Gasteiger partial charge in [0.15, 0.2) is 5.76 Å². The van der Waals surface area contributed by atoms with Crippen LogP contribution < -0.4 is 14.2 Å². The molecule has 0 saturated carbocycles. The zero-order valence-corrected chi connectivity index (χ0v) is 36.7. The van der Waals surface area contributed by atoms with E-state index >= 15 is 0 Å². The van der Waals surface area contributed by atoms with Gasteiger partial charge < -0.3 is 23.4 Å². The van der Waals surface area contributed by atoms with Crippen LogP contribution in [-0.4, -0.2) is 38.6 Å². The summed E-state index contributed by atoms with van der Waals surface area (Å²) in [5.41, 5.74) is 5.76. The first-order valence-corrected chi connectivity index (χ1v) is 22.6. The average Bonchev–Trinajstić information content (AvgIpc) is 3.84. The molecule has 0 saturated heterocycles. The van der Waals surface area contributed by atoms with E-state index in [0.717, 1.165) is 43.2 Å². The Bertz CT molecular complexity index is 2790. The van der Waals surface area contributed by atoms with E-state index in [9.17, 15) is 35.6 Å². The molecule has 1 amide bonds. The lowest BCUT2D eigenvalue weighted by molar-refractivity contribution is -0.0505. The molecule has 17 heteroatoms. The zero-order valence-electron chi connectivity index (χ0n) is 34.2. The first-order valence-electron chi connectivity index (χ1n) is 19.2. The summed E-state index contributed by atoms with van der Waals surface area (Å²) in [6, 6.07) is 37.8. The Hall–Kier alpha value is -6.43. The lowest BCUT2D eigenvalue weighted by Crippen LogP contribution is -2.30. The van der Waals surface area contributed by atoms with Crippen LogP contribution in [0.3, 0.4) is 0 Å². The van der Waals surface area contributed by atoms with E-state index in [0.29, 0.717) is 28.6 Å². The standard InChI is InChI=1S/C27H23F2NO5S2.C20H16F2O4S/c1-17-5-3-4-6-25(17)37(32,33)30-26(31)24-15-21(18(2)34-24)16-36-23-13-9-20(10-14-23)19-7-11-22(12-8-19)35-27(28)29;1-12-15(10-18(25-12)19(23)24)11-27-17-8-4-14(5-9-17)13-2-6-16(7-3-13)26-20(21)22/h3-15,27H,16H2,1-2H3,(H,30,31);2-10,20H,11H2,1H3,(H,23,24). The Kier molecular flexibility index (Phi) is 15.7. The topological polar surface area (TPSA) is 145 Å². The number of carboxylic acids is 1. The van der Waals surface area contributed by atoms with E-state index in [4.69, 9.17) is 13.9 Å². The molecule has 0 aliphatic carbocycles. The highest BCUT2D eigenvalue weighted by atomic mass is 32.2. The summed E-state index contributed by atoms with van der Waals surface area (Å²) in [6.07, 6.45) is 0. The molecule has 0 radical (unpaired) electrons. The van der Waals surface area contributed by atoms with Gasteiger partial charge in [-0.2, -0.15) is 17.6 Å². The molecule has 0 spiro atoms.